The number of ether oxygens (including phenoxy) is 2. The number of aromatic nitrogens is 1. The molecule has 0 bridgehead atoms. The molecule has 1 amide bonds. The molecule has 0 fully saturated rings. The van der Waals surface area contributed by atoms with Crippen molar-refractivity contribution >= 4 is 51.0 Å². The van der Waals surface area contributed by atoms with Gasteiger partial charge in [-0.15, -0.1) is 11.3 Å². The number of thiazole rings is 1. The minimum absolute atomic E-state index is 0.0566. The van der Waals surface area contributed by atoms with E-state index in [1.807, 2.05) is 24.3 Å². The van der Waals surface area contributed by atoms with Gasteiger partial charge in [0.1, 0.15) is 10.8 Å². The normalized spacial score (nSPS) is 13.1. The number of hydrogen-bond donors (Lipinski definition) is 1. The number of nitrogens with zero attached hydrogens (tertiary/aromatic N) is 1. The van der Waals surface area contributed by atoms with Crippen LogP contribution in [0.3, 0.4) is 0 Å². The Kier molecular flexibility index (Phi) is 4.86. The number of esters is 1. The molecule has 0 saturated carbocycles. The van der Waals surface area contributed by atoms with E-state index in [9.17, 15) is 14.4 Å². The maximum atomic E-state index is 12.2. The first kappa shape index (κ1) is 17.9. The standard InChI is InChI=1S/C20H14N2O5S/c23-15(12-5-6-16-14(9-12)21-18(24)11-26-16)10-27-20(25)8-7-19-22-13-3-1-2-4-17(13)28-19/h1-9H,10-11H2,(H,21,24). The van der Waals surface area contributed by atoms with Gasteiger partial charge in [0, 0.05) is 11.6 Å². The Bertz CT molecular complexity index is 1090. The van der Waals surface area contributed by atoms with E-state index in [0.29, 0.717) is 22.0 Å². The molecule has 7 nitrogen and oxygen atoms in total. The summed E-state index contributed by atoms with van der Waals surface area (Å²) in [5, 5.41) is 3.30. The summed E-state index contributed by atoms with van der Waals surface area (Å²) in [6, 6.07) is 12.3. The summed E-state index contributed by atoms with van der Waals surface area (Å²) in [4.78, 5) is 39.9. The van der Waals surface area contributed by atoms with Crippen LogP contribution in [-0.2, 0) is 14.3 Å². The molecule has 2 heterocycles. The van der Waals surface area contributed by atoms with E-state index < -0.39 is 12.6 Å². The molecule has 1 aromatic heterocycles. The Morgan fingerprint density at radius 3 is 2.96 bits per heavy atom. The quantitative estimate of drug-likeness (QED) is 0.406. The molecule has 0 spiro atoms. The Hall–Kier alpha value is -3.52. The number of nitrogens with one attached hydrogen (secondary N) is 1. The van der Waals surface area contributed by atoms with E-state index in [0.717, 1.165) is 10.2 Å². The van der Waals surface area contributed by atoms with Crippen molar-refractivity contribution in [2.45, 2.75) is 0 Å². The molecule has 0 radical (unpaired) electrons. The van der Waals surface area contributed by atoms with Crippen molar-refractivity contribution in [3.63, 3.8) is 0 Å². The molecule has 1 aliphatic heterocycles. The molecule has 3 aromatic rings. The molecular formula is C20H14N2O5S. The third kappa shape index (κ3) is 3.91. The minimum Gasteiger partial charge on any atom is -0.482 e. The lowest BCUT2D eigenvalue weighted by atomic mass is 10.1. The highest BCUT2D eigenvalue weighted by molar-refractivity contribution is 7.19. The van der Waals surface area contributed by atoms with Crippen LogP contribution in [0, 0.1) is 0 Å². The Labute approximate surface area is 163 Å². The third-order valence-electron chi connectivity index (χ3n) is 3.95. The molecule has 4 rings (SSSR count). The van der Waals surface area contributed by atoms with Gasteiger partial charge in [0.25, 0.3) is 5.91 Å². The second-order valence-corrected chi connectivity index (χ2v) is 6.99. The largest absolute Gasteiger partial charge is 0.482 e. The number of rotatable bonds is 5. The maximum Gasteiger partial charge on any atom is 0.331 e. The number of amides is 1. The summed E-state index contributed by atoms with van der Waals surface area (Å²) in [5.74, 6) is -0.818. The van der Waals surface area contributed by atoms with E-state index in [1.54, 1.807) is 18.2 Å². The number of ketones is 1. The summed E-state index contributed by atoms with van der Waals surface area (Å²) in [5.41, 5.74) is 1.59. The minimum atomic E-state index is -0.637. The zero-order valence-corrected chi connectivity index (χ0v) is 15.3. The van der Waals surface area contributed by atoms with Crippen molar-refractivity contribution in [1.29, 1.82) is 0 Å². The van der Waals surface area contributed by atoms with Crippen LogP contribution in [0.4, 0.5) is 5.69 Å². The van der Waals surface area contributed by atoms with Gasteiger partial charge >= 0.3 is 5.97 Å². The van der Waals surface area contributed by atoms with Crippen molar-refractivity contribution < 1.29 is 23.9 Å². The maximum absolute atomic E-state index is 12.2. The van der Waals surface area contributed by atoms with E-state index in [4.69, 9.17) is 9.47 Å². The Morgan fingerprint density at radius 2 is 2.11 bits per heavy atom. The lowest BCUT2D eigenvalue weighted by molar-refractivity contribution is -0.136. The number of fused-ring (bicyclic) bond motifs is 2. The molecule has 0 unspecified atom stereocenters. The number of Topliss-reactive ketones (excluding diaryl/α,β-unsaturated/α-hetero) is 1. The second kappa shape index (κ2) is 7.61. The fraction of sp³-hybridized carbons (Fsp3) is 0.100. The van der Waals surface area contributed by atoms with Gasteiger partial charge in [-0.25, -0.2) is 9.78 Å². The summed E-state index contributed by atoms with van der Waals surface area (Å²) >= 11 is 1.45. The van der Waals surface area contributed by atoms with Gasteiger partial charge in [0.15, 0.2) is 19.0 Å². The Balaban J connectivity index is 1.36. The van der Waals surface area contributed by atoms with Crippen LogP contribution in [0.5, 0.6) is 5.75 Å². The van der Waals surface area contributed by atoms with Gasteiger partial charge < -0.3 is 14.8 Å². The zero-order valence-electron chi connectivity index (χ0n) is 14.5. The fourth-order valence-electron chi connectivity index (χ4n) is 2.63. The first-order valence-electron chi connectivity index (χ1n) is 8.39. The Morgan fingerprint density at radius 1 is 1.25 bits per heavy atom. The first-order valence-corrected chi connectivity index (χ1v) is 9.20. The van der Waals surface area contributed by atoms with Crippen molar-refractivity contribution in [2.75, 3.05) is 18.5 Å². The smallest absolute Gasteiger partial charge is 0.331 e. The van der Waals surface area contributed by atoms with Crippen molar-refractivity contribution in [3.8, 4) is 5.75 Å². The van der Waals surface area contributed by atoms with Crippen LogP contribution in [0.25, 0.3) is 16.3 Å². The molecule has 2 aromatic carbocycles. The number of carbonyl (C=O) groups is 3. The highest BCUT2D eigenvalue weighted by Gasteiger charge is 2.18. The van der Waals surface area contributed by atoms with Crippen LogP contribution < -0.4 is 10.1 Å². The zero-order chi connectivity index (χ0) is 19.5. The predicted molar refractivity (Wildman–Crippen MR) is 105 cm³/mol. The molecule has 0 atom stereocenters. The van der Waals surface area contributed by atoms with Gasteiger partial charge in [-0.05, 0) is 36.4 Å². The van der Waals surface area contributed by atoms with Crippen LogP contribution in [-0.4, -0.2) is 35.9 Å². The van der Waals surface area contributed by atoms with Gasteiger partial charge in [0.2, 0.25) is 0 Å². The SMILES string of the molecule is O=C1COc2ccc(C(=O)COC(=O)C=Cc3nc4ccccc4s3)cc2N1. The van der Waals surface area contributed by atoms with Crippen LogP contribution >= 0.6 is 11.3 Å². The van der Waals surface area contributed by atoms with E-state index in [1.165, 1.54) is 23.5 Å². The van der Waals surface area contributed by atoms with Gasteiger partial charge in [-0.1, -0.05) is 12.1 Å². The third-order valence-corrected chi connectivity index (χ3v) is 4.95. The molecule has 0 aliphatic carbocycles. The number of anilines is 1. The fourth-order valence-corrected chi connectivity index (χ4v) is 3.50. The number of benzene rings is 2. The lowest BCUT2D eigenvalue weighted by Crippen LogP contribution is -2.25. The highest BCUT2D eigenvalue weighted by Crippen LogP contribution is 2.28. The second-order valence-electron chi connectivity index (χ2n) is 5.93. The summed E-state index contributed by atoms with van der Waals surface area (Å²) in [6.07, 6.45) is 2.80. The molecule has 1 aliphatic rings. The van der Waals surface area contributed by atoms with Crippen molar-refractivity contribution in [2.24, 2.45) is 0 Å². The molecule has 140 valence electrons. The molecule has 1 N–H and O–H groups in total. The van der Waals surface area contributed by atoms with Crippen LogP contribution in [0.1, 0.15) is 15.4 Å². The van der Waals surface area contributed by atoms with E-state index in [-0.39, 0.29) is 18.3 Å². The first-order chi connectivity index (χ1) is 13.6. The van der Waals surface area contributed by atoms with Gasteiger partial charge in [-0.2, -0.15) is 0 Å². The number of para-hydroxylation sites is 1. The monoisotopic (exact) mass is 394 g/mol. The summed E-state index contributed by atoms with van der Waals surface area (Å²) in [6.45, 7) is -0.463. The van der Waals surface area contributed by atoms with E-state index >= 15 is 0 Å². The average Bonchev–Trinajstić information content (AvgIpc) is 3.13. The molecule has 28 heavy (non-hydrogen) atoms. The van der Waals surface area contributed by atoms with Crippen LogP contribution in [0.15, 0.2) is 48.5 Å². The summed E-state index contributed by atoms with van der Waals surface area (Å²) < 4.78 is 11.3. The molecular weight excluding hydrogens is 380 g/mol. The number of carbonyl (C=O) groups excluding carboxylic acids is 3. The topological polar surface area (TPSA) is 94.6 Å². The van der Waals surface area contributed by atoms with Crippen molar-refractivity contribution in [1.82, 2.24) is 4.98 Å². The predicted octanol–water partition coefficient (Wildman–Crippen LogP) is 3.07. The van der Waals surface area contributed by atoms with Crippen LogP contribution in [0.2, 0.25) is 0 Å². The average molecular weight is 394 g/mol. The van der Waals surface area contributed by atoms with Gasteiger partial charge in [-0.3, -0.25) is 9.59 Å². The number of hydrogen-bond acceptors (Lipinski definition) is 7. The summed E-state index contributed by atoms with van der Waals surface area (Å²) in [7, 11) is 0. The lowest BCUT2D eigenvalue weighted by Gasteiger charge is -2.18. The highest BCUT2D eigenvalue weighted by atomic mass is 32.1. The van der Waals surface area contributed by atoms with Gasteiger partial charge in [0.05, 0.1) is 15.9 Å². The van der Waals surface area contributed by atoms with Crippen molar-refractivity contribution in [3.05, 3.63) is 59.1 Å². The van der Waals surface area contributed by atoms with E-state index in [2.05, 4.69) is 10.3 Å². The molecule has 0 saturated heterocycles. The molecule has 8 heteroatoms.